The summed E-state index contributed by atoms with van der Waals surface area (Å²) in [5.74, 6) is 0.211. The standard InChI is InChI=1S/C14H14N4OS3/c1-10(6-7-15)22-12-5-3-2-4-11(12)17-13(19)8-20-14-18-16-9-21-14/h2-5,9-10H,6,8H2,1H3,(H,17,19)/t10-/m1/s1. The second-order valence-corrected chi connectivity index (χ2v) is 7.86. The fraction of sp³-hybridized carbons (Fsp3) is 0.286. The van der Waals surface area contributed by atoms with E-state index in [4.69, 9.17) is 5.26 Å². The fourth-order valence-electron chi connectivity index (χ4n) is 1.60. The van der Waals surface area contributed by atoms with Crippen LogP contribution in [0.1, 0.15) is 13.3 Å². The number of rotatable bonds is 7. The van der Waals surface area contributed by atoms with Crippen LogP contribution in [0.5, 0.6) is 0 Å². The Balaban J connectivity index is 1.94. The lowest BCUT2D eigenvalue weighted by molar-refractivity contribution is -0.113. The number of nitrogens with zero attached hydrogens (tertiary/aromatic N) is 3. The number of benzene rings is 1. The van der Waals surface area contributed by atoms with Crippen LogP contribution in [0.25, 0.3) is 0 Å². The molecule has 0 radical (unpaired) electrons. The third kappa shape index (κ3) is 5.33. The summed E-state index contributed by atoms with van der Waals surface area (Å²) in [6.07, 6.45) is 0.472. The maximum Gasteiger partial charge on any atom is 0.234 e. The van der Waals surface area contributed by atoms with Gasteiger partial charge < -0.3 is 5.32 Å². The number of anilines is 1. The zero-order valence-electron chi connectivity index (χ0n) is 11.9. The van der Waals surface area contributed by atoms with Gasteiger partial charge in [0.05, 0.1) is 17.5 Å². The Hall–Kier alpha value is -1.56. The zero-order valence-corrected chi connectivity index (χ0v) is 14.3. The Morgan fingerprint density at radius 2 is 2.32 bits per heavy atom. The maximum atomic E-state index is 12.0. The molecule has 0 unspecified atom stereocenters. The molecule has 1 N–H and O–H groups in total. The minimum absolute atomic E-state index is 0.0822. The summed E-state index contributed by atoms with van der Waals surface area (Å²) in [4.78, 5) is 13.0. The van der Waals surface area contributed by atoms with Crippen LogP contribution >= 0.6 is 34.9 Å². The van der Waals surface area contributed by atoms with Crippen LogP contribution in [0.3, 0.4) is 0 Å². The molecule has 0 aliphatic carbocycles. The van der Waals surface area contributed by atoms with Gasteiger partial charge in [-0.1, -0.05) is 42.2 Å². The molecule has 1 atom stereocenters. The van der Waals surface area contributed by atoms with Crippen molar-refractivity contribution < 1.29 is 4.79 Å². The number of nitrogens with one attached hydrogen (secondary N) is 1. The van der Waals surface area contributed by atoms with Crippen molar-refractivity contribution in [3.63, 3.8) is 0 Å². The van der Waals surface area contributed by atoms with Gasteiger partial charge in [0.1, 0.15) is 5.51 Å². The van der Waals surface area contributed by atoms with Crippen molar-refractivity contribution >= 4 is 46.5 Å². The first-order valence-corrected chi connectivity index (χ1v) is 9.25. The predicted molar refractivity (Wildman–Crippen MR) is 91.3 cm³/mol. The van der Waals surface area contributed by atoms with Crippen molar-refractivity contribution in [3.8, 4) is 6.07 Å². The first-order valence-electron chi connectivity index (χ1n) is 6.50. The van der Waals surface area contributed by atoms with Gasteiger partial charge in [-0.05, 0) is 12.1 Å². The molecule has 5 nitrogen and oxygen atoms in total. The second kappa shape index (κ2) is 8.78. The van der Waals surface area contributed by atoms with Crippen molar-refractivity contribution in [3.05, 3.63) is 29.8 Å². The number of nitriles is 1. The van der Waals surface area contributed by atoms with Crippen LogP contribution in [0.2, 0.25) is 0 Å². The summed E-state index contributed by atoms with van der Waals surface area (Å²) < 4.78 is 0.778. The molecule has 1 aromatic heterocycles. The van der Waals surface area contributed by atoms with E-state index in [9.17, 15) is 4.79 Å². The summed E-state index contributed by atoms with van der Waals surface area (Å²) in [5, 5.41) is 19.5. The zero-order chi connectivity index (χ0) is 15.8. The fourth-order valence-corrected chi connectivity index (χ4v) is 3.88. The van der Waals surface area contributed by atoms with Crippen molar-refractivity contribution in [1.29, 1.82) is 5.26 Å². The van der Waals surface area contributed by atoms with E-state index in [2.05, 4.69) is 21.6 Å². The van der Waals surface area contributed by atoms with Crippen LogP contribution in [-0.2, 0) is 4.79 Å². The van der Waals surface area contributed by atoms with Gasteiger partial charge >= 0.3 is 0 Å². The molecule has 1 heterocycles. The Morgan fingerprint density at radius 3 is 3.05 bits per heavy atom. The molecule has 0 saturated heterocycles. The SMILES string of the molecule is C[C@H](CC#N)Sc1ccccc1NC(=O)CSc1nncs1. The molecule has 0 spiro atoms. The lowest BCUT2D eigenvalue weighted by Gasteiger charge is -2.13. The van der Waals surface area contributed by atoms with E-state index in [0.717, 1.165) is 14.9 Å². The number of amides is 1. The van der Waals surface area contributed by atoms with Gasteiger partial charge in [-0.2, -0.15) is 5.26 Å². The first-order chi connectivity index (χ1) is 10.7. The Morgan fingerprint density at radius 1 is 1.50 bits per heavy atom. The topological polar surface area (TPSA) is 78.7 Å². The van der Waals surface area contributed by atoms with Crippen molar-refractivity contribution in [1.82, 2.24) is 10.2 Å². The Kier molecular flexibility index (Phi) is 6.71. The van der Waals surface area contributed by atoms with Crippen LogP contribution in [0.4, 0.5) is 5.69 Å². The molecule has 0 bridgehead atoms. The third-order valence-corrected chi connectivity index (χ3v) is 5.57. The second-order valence-electron chi connectivity index (χ2n) is 4.33. The number of carbonyl (C=O) groups is 1. The summed E-state index contributed by atoms with van der Waals surface area (Å²) in [6, 6.07) is 9.79. The van der Waals surface area contributed by atoms with E-state index < -0.39 is 0 Å². The molecule has 0 fully saturated rings. The first kappa shape index (κ1) is 16.8. The maximum absolute atomic E-state index is 12.0. The highest BCUT2D eigenvalue weighted by Gasteiger charge is 2.11. The molecule has 0 aliphatic rings. The highest BCUT2D eigenvalue weighted by molar-refractivity contribution is 8.01. The van der Waals surface area contributed by atoms with Gasteiger partial charge in [-0.15, -0.1) is 22.0 Å². The third-order valence-electron chi connectivity index (χ3n) is 2.53. The number of aromatic nitrogens is 2. The van der Waals surface area contributed by atoms with Gasteiger partial charge in [-0.3, -0.25) is 4.79 Å². The minimum atomic E-state index is -0.0822. The van der Waals surface area contributed by atoms with Crippen LogP contribution in [-0.4, -0.2) is 27.1 Å². The number of thioether (sulfide) groups is 2. The highest BCUT2D eigenvalue weighted by Crippen LogP contribution is 2.31. The predicted octanol–water partition coefficient (Wildman–Crippen LogP) is 3.66. The summed E-state index contributed by atoms with van der Waals surface area (Å²) in [6.45, 7) is 2.00. The van der Waals surface area contributed by atoms with Crippen LogP contribution in [0, 0.1) is 11.3 Å². The van der Waals surface area contributed by atoms with E-state index in [1.165, 1.54) is 23.1 Å². The van der Waals surface area contributed by atoms with Gasteiger partial charge in [0, 0.05) is 16.6 Å². The number of hydrogen-bond acceptors (Lipinski definition) is 7. The smallest absolute Gasteiger partial charge is 0.234 e. The molecular weight excluding hydrogens is 336 g/mol. The molecule has 1 aromatic carbocycles. The van der Waals surface area contributed by atoms with E-state index in [1.807, 2.05) is 31.2 Å². The largest absolute Gasteiger partial charge is 0.324 e. The molecule has 2 aromatic rings. The van der Waals surface area contributed by atoms with Crippen LogP contribution < -0.4 is 5.32 Å². The normalized spacial score (nSPS) is 11.6. The Bertz CT molecular complexity index is 654. The molecule has 0 aliphatic heterocycles. The molecule has 114 valence electrons. The van der Waals surface area contributed by atoms with E-state index >= 15 is 0 Å². The number of hydrogen-bond donors (Lipinski definition) is 1. The number of para-hydroxylation sites is 1. The van der Waals surface area contributed by atoms with E-state index in [-0.39, 0.29) is 11.2 Å². The molecule has 1 amide bonds. The molecular formula is C14H14N4OS3. The Labute approximate surface area is 141 Å². The van der Waals surface area contributed by atoms with Crippen molar-refractivity contribution in [2.45, 2.75) is 27.8 Å². The molecule has 22 heavy (non-hydrogen) atoms. The van der Waals surface area contributed by atoms with Gasteiger partial charge in [-0.25, -0.2) is 0 Å². The average Bonchev–Trinajstić information content (AvgIpc) is 3.01. The lowest BCUT2D eigenvalue weighted by Crippen LogP contribution is -2.14. The van der Waals surface area contributed by atoms with Gasteiger partial charge in [0.15, 0.2) is 4.34 Å². The van der Waals surface area contributed by atoms with Gasteiger partial charge in [0.25, 0.3) is 0 Å². The molecule has 0 saturated carbocycles. The van der Waals surface area contributed by atoms with Crippen molar-refractivity contribution in [2.75, 3.05) is 11.1 Å². The van der Waals surface area contributed by atoms with E-state index in [1.54, 1.807) is 17.3 Å². The number of carbonyl (C=O) groups excluding carboxylic acids is 1. The monoisotopic (exact) mass is 350 g/mol. The average molecular weight is 350 g/mol. The molecule has 8 heteroatoms. The summed E-state index contributed by atoms with van der Waals surface area (Å²) in [5.41, 5.74) is 2.42. The van der Waals surface area contributed by atoms with E-state index in [0.29, 0.717) is 12.2 Å². The molecule has 2 rings (SSSR count). The van der Waals surface area contributed by atoms with Crippen molar-refractivity contribution in [2.24, 2.45) is 0 Å². The minimum Gasteiger partial charge on any atom is -0.324 e. The quantitative estimate of drug-likeness (QED) is 0.768. The lowest BCUT2D eigenvalue weighted by atomic mass is 10.3. The highest BCUT2D eigenvalue weighted by atomic mass is 32.2. The van der Waals surface area contributed by atoms with Crippen LogP contribution in [0.15, 0.2) is 39.0 Å². The van der Waals surface area contributed by atoms with Gasteiger partial charge in [0.2, 0.25) is 5.91 Å². The summed E-state index contributed by atoms with van der Waals surface area (Å²) >= 11 is 4.37. The summed E-state index contributed by atoms with van der Waals surface area (Å²) in [7, 11) is 0.